The number of aromatic nitrogens is 4. The number of carbonyl (C=O) groups is 3. The van der Waals surface area contributed by atoms with Gasteiger partial charge in [0.2, 0.25) is 5.91 Å². The van der Waals surface area contributed by atoms with Crippen LogP contribution in [0.15, 0.2) is 15.6 Å². The molecule has 2 aromatic heterocycles. The lowest BCUT2D eigenvalue weighted by Crippen LogP contribution is -2.70. The molecule has 0 radical (unpaired) electrons. The van der Waals surface area contributed by atoms with Crippen molar-refractivity contribution in [3.63, 3.8) is 0 Å². The molecule has 34 heavy (non-hydrogen) atoms. The number of rotatable bonds is 8. The Kier molecular flexibility index (Phi) is 7.17. The van der Waals surface area contributed by atoms with Crippen LogP contribution < -0.4 is 5.32 Å². The maximum absolute atomic E-state index is 13.0. The summed E-state index contributed by atoms with van der Waals surface area (Å²) in [6, 6.07) is -0.937. The van der Waals surface area contributed by atoms with Crippen molar-refractivity contribution in [2.75, 3.05) is 11.5 Å². The molecule has 0 bridgehead atoms. The number of β-lactam (4-membered cyclic amide) rings is 1. The van der Waals surface area contributed by atoms with E-state index in [9.17, 15) is 28.3 Å². The van der Waals surface area contributed by atoms with Crippen LogP contribution in [0.25, 0.3) is 0 Å². The zero-order valence-corrected chi connectivity index (χ0v) is 20.8. The van der Waals surface area contributed by atoms with Gasteiger partial charge in [-0.15, -0.1) is 22.0 Å². The third kappa shape index (κ3) is 4.65. The highest BCUT2D eigenvalue weighted by atomic mass is 35.5. The van der Waals surface area contributed by atoms with Crippen LogP contribution in [-0.4, -0.2) is 70.7 Å². The summed E-state index contributed by atoms with van der Waals surface area (Å²) < 4.78 is 27.7. The van der Waals surface area contributed by atoms with Gasteiger partial charge in [0.15, 0.2) is 4.34 Å². The molecule has 0 unspecified atom stereocenters. The van der Waals surface area contributed by atoms with Crippen molar-refractivity contribution in [3.8, 4) is 0 Å². The lowest BCUT2D eigenvalue weighted by Gasteiger charge is -2.49. The van der Waals surface area contributed by atoms with Crippen molar-refractivity contribution in [2.45, 2.75) is 42.6 Å². The highest BCUT2D eigenvalue weighted by Gasteiger charge is 2.54. The maximum Gasteiger partial charge on any atom is 0.352 e. The smallest absolute Gasteiger partial charge is 0.352 e. The average Bonchev–Trinajstić information content (AvgIpc) is 3.33. The van der Waals surface area contributed by atoms with Gasteiger partial charge in [0.1, 0.15) is 34.4 Å². The van der Waals surface area contributed by atoms with Crippen molar-refractivity contribution in [1.82, 2.24) is 30.2 Å². The number of carboxylic acids is 1. The molecule has 0 aliphatic carbocycles. The summed E-state index contributed by atoms with van der Waals surface area (Å²) in [5.74, 6) is -1.72. The van der Waals surface area contributed by atoms with Gasteiger partial charge < -0.3 is 10.4 Å². The van der Waals surface area contributed by atoms with Gasteiger partial charge in [-0.25, -0.2) is 13.6 Å². The molecule has 0 aromatic carbocycles. The number of nitrogens with zero attached hydrogens (tertiary/aromatic N) is 5. The molecule has 4 heterocycles. The zero-order valence-electron chi connectivity index (χ0n) is 17.6. The summed E-state index contributed by atoms with van der Waals surface area (Å²) >= 11 is 9.92. The minimum absolute atomic E-state index is 0.0933. The highest BCUT2D eigenvalue weighted by molar-refractivity contribution is 8.01. The van der Waals surface area contributed by atoms with E-state index in [1.54, 1.807) is 0 Å². The van der Waals surface area contributed by atoms with E-state index in [0.717, 1.165) is 9.69 Å². The van der Waals surface area contributed by atoms with Crippen LogP contribution in [0.3, 0.4) is 0 Å². The normalized spacial score (nSPS) is 19.9. The number of halogens is 3. The predicted octanol–water partition coefficient (Wildman–Crippen LogP) is 2.47. The molecule has 10 nitrogen and oxygen atoms in total. The second kappa shape index (κ2) is 9.79. The third-order valence-electron chi connectivity index (χ3n) is 5.10. The number of nitrogens with one attached hydrogen (secondary N) is 1. The molecule has 2 aliphatic heterocycles. The monoisotopic (exact) mass is 550 g/mol. The Bertz CT molecular complexity index is 1200. The van der Waals surface area contributed by atoms with Gasteiger partial charge in [0.25, 0.3) is 12.3 Å². The quantitative estimate of drug-likeness (QED) is 0.376. The second-order valence-electron chi connectivity index (χ2n) is 7.33. The zero-order chi connectivity index (χ0) is 24.7. The van der Waals surface area contributed by atoms with Gasteiger partial charge >= 0.3 is 5.97 Å². The van der Waals surface area contributed by atoms with E-state index in [1.807, 2.05) is 6.92 Å². The summed E-state index contributed by atoms with van der Waals surface area (Å²) in [7, 11) is 0. The lowest BCUT2D eigenvalue weighted by atomic mass is 10.0. The molecule has 4 rings (SSSR count). The van der Waals surface area contributed by atoms with Crippen LogP contribution in [0.5, 0.6) is 0 Å². The van der Waals surface area contributed by atoms with Crippen molar-refractivity contribution in [3.05, 3.63) is 32.7 Å². The van der Waals surface area contributed by atoms with Gasteiger partial charge in [-0.1, -0.05) is 34.7 Å². The summed E-state index contributed by atoms with van der Waals surface area (Å²) in [6.07, 6.45) is -2.89. The Balaban J connectivity index is 1.43. The molecule has 182 valence electrons. The van der Waals surface area contributed by atoms with E-state index in [0.29, 0.717) is 21.4 Å². The molecule has 1 fully saturated rings. The number of alkyl halides is 2. The minimum atomic E-state index is -2.89. The first-order valence-corrected chi connectivity index (χ1v) is 12.9. The number of aliphatic carboxylic acids is 1. The van der Waals surface area contributed by atoms with Crippen molar-refractivity contribution < 1.29 is 28.3 Å². The van der Waals surface area contributed by atoms with Crippen LogP contribution in [-0.2, 0) is 20.9 Å². The second-order valence-corrected chi connectivity index (χ2v) is 11.2. The Labute approximate surface area is 209 Å². The topological polar surface area (TPSA) is 130 Å². The largest absolute Gasteiger partial charge is 0.477 e. The average molecular weight is 551 g/mol. The molecule has 16 heteroatoms. The van der Waals surface area contributed by atoms with E-state index in [1.165, 1.54) is 46.7 Å². The van der Waals surface area contributed by atoms with Crippen molar-refractivity contribution in [2.24, 2.45) is 0 Å². The number of thioether (sulfide) groups is 2. The molecule has 2 aromatic rings. The standard InChI is InChI=1S/C18H17ClF2N6O4S3/c1-6-10(19)11(14(20)21)25-26(6)3-9(28)22-12-15(29)27-13(17(30)31)8(4-32-16(12)27)5-33-18-24-23-7(2)34-18/h12,14,16H,3-5H2,1-2H3,(H,22,28)(H,30,31)/t12-,16-/m0/s1. The van der Waals surface area contributed by atoms with Gasteiger partial charge in [0.05, 0.1) is 10.7 Å². The fourth-order valence-electron chi connectivity index (χ4n) is 3.48. The van der Waals surface area contributed by atoms with E-state index >= 15 is 0 Å². The Morgan fingerprint density at radius 3 is 2.68 bits per heavy atom. The highest BCUT2D eigenvalue weighted by Crippen LogP contribution is 2.41. The van der Waals surface area contributed by atoms with Gasteiger partial charge in [-0.2, -0.15) is 5.10 Å². The number of hydrogen-bond acceptors (Lipinski definition) is 9. The number of aryl methyl sites for hydroxylation is 1. The number of carbonyl (C=O) groups excluding carboxylic acids is 2. The predicted molar refractivity (Wildman–Crippen MR) is 122 cm³/mol. The van der Waals surface area contributed by atoms with Crippen molar-refractivity contribution in [1.29, 1.82) is 0 Å². The Morgan fingerprint density at radius 1 is 1.35 bits per heavy atom. The first-order valence-electron chi connectivity index (χ1n) is 9.71. The maximum atomic E-state index is 13.0. The SMILES string of the molecule is Cc1nnc(SCC2=C(C(=O)O)N3C(=O)[C@H](NC(=O)Cn4nc(C(F)F)c(Cl)c4C)[C@@H]3SC2)s1. The minimum Gasteiger partial charge on any atom is -0.477 e. The van der Waals surface area contributed by atoms with Crippen molar-refractivity contribution >= 4 is 64.2 Å². The molecular weight excluding hydrogens is 534 g/mol. The molecule has 2 atom stereocenters. The molecule has 2 N–H and O–H groups in total. The Morgan fingerprint density at radius 2 is 2.09 bits per heavy atom. The van der Waals surface area contributed by atoms with E-state index < -0.39 is 47.9 Å². The van der Waals surface area contributed by atoms with E-state index in [-0.39, 0.29) is 16.4 Å². The van der Waals surface area contributed by atoms with Crippen LogP contribution in [0, 0.1) is 13.8 Å². The summed E-state index contributed by atoms with van der Waals surface area (Å²) in [5, 5.41) is 23.9. The molecule has 0 saturated carbocycles. The van der Waals surface area contributed by atoms with Crippen LogP contribution in [0.4, 0.5) is 8.78 Å². The number of amides is 2. The van der Waals surface area contributed by atoms with E-state index in [2.05, 4.69) is 20.6 Å². The van der Waals surface area contributed by atoms with Crippen LogP contribution >= 0.6 is 46.5 Å². The fraction of sp³-hybridized carbons (Fsp3) is 0.444. The first kappa shape index (κ1) is 24.9. The number of hydrogen-bond donors (Lipinski definition) is 2. The first-order chi connectivity index (χ1) is 16.1. The molecule has 2 amide bonds. The summed E-state index contributed by atoms with van der Waals surface area (Å²) in [4.78, 5) is 38.4. The number of fused-ring (bicyclic) bond motifs is 1. The van der Waals surface area contributed by atoms with Crippen LogP contribution in [0.2, 0.25) is 5.02 Å². The molecule has 2 aliphatic rings. The van der Waals surface area contributed by atoms with E-state index in [4.69, 9.17) is 11.6 Å². The Hall–Kier alpha value is -2.23. The van der Waals surface area contributed by atoms with Gasteiger partial charge in [-0.05, 0) is 19.4 Å². The van der Waals surface area contributed by atoms with Gasteiger partial charge in [0, 0.05) is 11.5 Å². The molecular formula is C18H17ClF2N6O4S3. The summed E-state index contributed by atoms with van der Waals surface area (Å²) in [5.41, 5.74) is 0.0611. The molecule has 0 spiro atoms. The number of carboxylic acid groups (broad SMARTS) is 1. The lowest BCUT2D eigenvalue weighted by molar-refractivity contribution is -0.150. The van der Waals surface area contributed by atoms with Gasteiger partial charge in [-0.3, -0.25) is 19.2 Å². The third-order valence-corrected chi connectivity index (χ3v) is 8.97. The van der Waals surface area contributed by atoms with Crippen LogP contribution in [0.1, 0.15) is 22.8 Å². The molecule has 1 saturated heterocycles. The fourth-order valence-corrected chi connectivity index (χ4v) is 6.99. The summed E-state index contributed by atoms with van der Waals surface area (Å²) in [6.45, 7) is 2.86.